The Balaban J connectivity index is 0.979. The smallest absolute Gasteiger partial charge is 0.0619 e. The molecule has 0 radical (unpaired) electrons. The van der Waals surface area contributed by atoms with E-state index in [1.165, 1.54) is 143 Å². The molecule has 0 aromatic heterocycles. The van der Waals surface area contributed by atoms with Gasteiger partial charge in [0.15, 0.2) is 0 Å². The fraction of sp³-hybridized carbons (Fsp3) is 0.0149. The lowest BCUT2D eigenvalue weighted by Crippen LogP contribution is -2.26. The molecule has 0 amide bonds. The largest absolute Gasteiger partial charge is 0.0737 e. The van der Waals surface area contributed by atoms with E-state index in [4.69, 9.17) is 0 Å². The third-order valence-corrected chi connectivity index (χ3v) is 15.4. The zero-order valence-electron chi connectivity index (χ0n) is 36.6. The standard InChI is InChI=1S/C67H40/c1-2-18-46-41(16-1)17-15-29-47(46)42-32-34-43(35-33-42)62-54-24-6-8-26-56(54)63(57-27-9-7-25-55(57)62)45-37-38-48-44(40-45)36-39-59-64-53-23-5-3-19-49(53)50-20-4-10-28-58(50)66(64)67(65(48)59)60-30-13-11-21-51(60)52-22-12-14-31-61(52)67/h1-40H. The minimum Gasteiger partial charge on any atom is -0.0619 e. The van der Waals surface area contributed by atoms with Gasteiger partial charge in [0.25, 0.3) is 0 Å². The van der Waals surface area contributed by atoms with Gasteiger partial charge in [0, 0.05) is 0 Å². The van der Waals surface area contributed by atoms with Gasteiger partial charge in [0.05, 0.1) is 5.41 Å². The summed E-state index contributed by atoms with van der Waals surface area (Å²) in [7, 11) is 0. The van der Waals surface area contributed by atoms with Crippen LogP contribution in [-0.4, -0.2) is 0 Å². The third kappa shape index (κ3) is 4.86. The van der Waals surface area contributed by atoms with Crippen LogP contribution < -0.4 is 0 Å². The molecule has 13 aromatic rings. The van der Waals surface area contributed by atoms with Crippen molar-refractivity contribution in [1.82, 2.24) is 0 Å². The molecule has 0 bridgehead atoms. The minimum absolute atomic E-state index is 0.507. The first-order valence-corrected chi connectivity index (χ1v) is 23.5. The highest BCUT2D eigenvalue weighted by atomic mass is 14.5. The van der Waals surface area contributed by atoms with Crippen molar-refractivity contribution >= 4 is 64.6 Å². The summed E-state index contributed by atoms with van der Waals surface area (Å²) in [6.07, 6.45) is 0. The van der Waals surface area contributed by atoms with E-state index >= 15 is 0 Å². The average Bonchev–Trinajstić information content (AvgIpc) is 3.88. The lowest BCUT2D eigenvalue weighted by atomic mass is 9.68. The first kappa shape index (κ1) is 36.7. The number of fused-ring (bicyclic) bond motifs is 20. The van der Waals surface area contributed by atoms with E-state index < -0.39 is 5.41 Å². The number of hydrogen-bond acceptors (Lipinski definition) is 0. The van der Waals surface area contributed by atoms with Crippen LogP contribution in [0.4, 0.5) is 0 Å². The number of hydrogen-bond donors (Lipinski definition) is 0. The highest BCUT2D eigenvalue weighted by Gasteiger charge is 2.53. The van der Waals surface area contributed by atoms with Crippen molar-refractivity contribution < 1.29 is 0 Å². The molecule has 0 N–H and O–H groups in total. The van der Waals surface area contributed by atoms with Crippen LogP contribution in [0.25, 0.3) is 120 Å². The highest BCUT2D eigenvalue weighted by Crippen LogP contribution is 2.66. The lowest BCUT2D eigenvalue weighted by molar-refractivity contribution is 0.809. The van der Waals surface area contributed by atoms with Gasteiger partial charge >= 0.3 is 0 Å². The van der Waals surface area contributed by atoms with Crippen molar-refractivity contribution in [3.05, 3.63) is 265 Å². The molecule has 2 aliphatic rings. The van der Waals surface area contributed by atoms with E-state index in [2.05, 4.69) is 243 Å². The van der Waals surface area contributed by atoms with Gasteiger partial charge in [-0.3, -0.25) is 0 Å². The molecule has 67 heavy (non-hydrogen) atoms. The fourth-order valence-corrected chi connectivity index (χ4v) is 12.9. The lowest BCUT2D eigenvalue weighted by Gasteiger charge is -2.32. The molecule has 13 aromatic carbocycles. The summed E-state index contributed by atoms with van der Waals surface area (Å²) >= 11 is 0. The monoisotopic (exact) mass is 844 g/mol. The van der Waals surface area contributed by atoms with Crippen LogP contribution in [0.2, 0.25) is 0 Å². The first-order chi connectivity index (χ1) is 33.3. The SMILES string of the molecule is c1ccc2c(c1)-c1ccccc1C21c2c(ccc3cc(-c4c5ccccc5c(-c5ccc(-c6cccc7ccccc67)cc5)c5ccccc45)ccc23)-c2c1c1ccccc1c1ccccc21. The van der Waals surface area contributed by atoms with Gasteiger partial charge in [0.1, 0.15) is 0 Å². The maximum Gasteiger partial charge on any atom is 0.0737 e. The van der Waals surface area contributed by atoms with E-state index in [1.807, 2.05) is 0 Å². The van der Waals surface area contributed by atoms with E-state index in [0.29, 0.717) is 0 Å². The second kappa shape index (κ2) is 13.7. The quantitative estimate of drug-likeness (QED) is 0.123. The van der Waals surface area contributed by atoms with Crippen molar-refractivity contribution in [3.63, 3.8) is 0 Å². The first-order valence-electron chi connectivity index (χ1n) is 23.5. The summed E-state index contributed by atoms with van der Waals surface area (Å²) in [4.78, 5) is 0. The van der Waals surface area contributed by atoms with Gasteiger partial charge < -0.3 is 0 Å². The third-order valence-electron chi connectivity index (χ3n) is 15.4. The van der Waals surface area contributed by atoms with Crippen LogP contribution in [0.1, 0.15) is 22.3 Å². The van der Waals surface area contributed by atoms with Crippen LogP contribution in [-0.2, 0) is 5.41 Å². The van der Waals surface area contributed by atoms with Crippen LogP contribution in [0.15, 0.2) is 243 Å². The van der Waals surface area contributed by atoms with Crippen molar-refractivity contribution in [3.8, 4) is 55.6 Å². The Bertz CT molecular complexity index is 4150. The van der Waals surface area contributed by atoms with Gasteiger partial charge in [-0.1, -0.05) is 237 Å². The second-order valence-corrected chi connectivity index (χ2v) is 18.6. The van der Waals surface area contributed by atoms with E-state index in [9.17, 15) is 0 Å². The molecule has 0 saturated heterocycles. The van der Waals surface area contributed by atoms with Crippen LogP contribution >= 0.6 is 0 Å². The predicted octanol–water partition coefficient (Wildman–Crippen LogP) is 18.0. The molecule has 0 heteroatoms. The van der Waals surface area contributed by atoms with Gasteiger partial charge in [-0.05, 0) is 149 Å². The van der Waals surface area contributed by atoms with Crippen LogP contribution in [0.3, 0.4) is 0 Å². The molecular formula is C67H40. The Hall–Kier alpha value is -8.58. The Kier molecular flexibility index (Phi) is 7.52. The van der Waals surface area contributed by atoms with Crippen molar-refractivity contribution in [2.75, 3.05) is 0 Å². The summed E-state index contributed by atoms with van der Waals surface area (Å²) in [5, 5.41) is 15.4. The Morgan fingerprint density at radius 3 is 1.30 bits per heavy atom. The molecule has 0 saturated carbocycles. The topological polar surface area (TPSA) is 0 Å². The van der Waals surface area contributed by atoms with Gasteiger partial charge in [-0.2, -0.15) is 0 Å². The summed E-state index contributed by atoms with van der Waals surface area (Å²) in [6, 6.07) is 91.4. The Morgan fingerprint density at radius 1 is 0.209 bits per heavy atom. The summed E-state index contributed by atoms with van der Waals surface area (Å²) in [6.45, 7) is 0. The minimum atomic E-state index is -0.507. The van der Waals surface area contributed by atoms with E-state index in [-0.39, 0.29) is 0 Å². The van der Waals surface area contributed by atoms with Gasteiger partial charge in [-0.15, -0.1) is 0 Å². The molecule has 0 unspecified atom stereocenters. The molecule has 1 spiro atoms. The second-order valence-electron chi connectivity index (χ2n) is 18.6. The van der Waals surface area contributed by atoms with E-state index in [1.54, 1.807) is 0 Å². The van der Waals surface area contributed by atoms with Crippen molar-refractivity contribution in [2.24, 2.45) is 0 Å². The summed E-state index contributed by atoms with van der Waals surface area (Å²) in [5.74, 6) is 0. The van der Waals surface area contributed by atoms with E-state index in [0.717, 1.165) is 0 Å². The Labute approximate surface area is 388 Å². The molecule has 2 aliphatic carbocycles. The summed E-state index contributed by atoms with van der Waals surface area (Å²) in [5.41, 5.74) is 17.8. The summed E-state index contributed by atoms with van der Waals surface area (Å²) < 4.78 is 0. The maximum atomic E-state index is 2.47. The molecule has 15 rings (SSSR count). The molecule has 0 heterocycles. The zero-order valence-corrected chi connectivity index (χ0v) is 36.6. The number of benzene rings is 13. The highest BCUT2D eigenvalue weighted by molar-refractivity contribution is 6.24. The molecule has 0 fully saturated rings. The van der Waals surface area contributed by atoms with Crippen molar-refractivity contribution in [1.29, 1.82) is 0 Å². The predicted molar refractivity (Wildman–Crippen MR) is 284 cm³/mol. The molecule has 0 aliphatic heterocycles. The molecule has 0 nitrogen and oxygen atoms in total. The molecular weight excluding hydrogens is 805 g/mol. The fourth-order valence-electron chi connectivity index (χ4n) is 12.9. The molecule has 0 atom stereocenters. The Morgan fingerprint density at radius 2 is 0.657 bits per heavy atom. The normalized spacial score (nSPS) is 13.2. The zero-order chi connectivity index (χ0) is 43.8. The maximum absolute atomic E-state index is 2.47. The van der Waals surface area contributed by atoms with Crippen molar-refractivity contribution in [2.45, 2.75) is 5.41 Å². The molecule has 308 valence electrons. The van der Waals surface area contributed by atoms with Gasteiger partial charge in [0.2, 0.25) is 0 Å². The number of rotatable bonds is 3. The van der Waals surface area contributed by atoms with Gasteiger partial charge in [-0.25, -0.2) is 0 Å². The van der Waals surface area contributed by atoms with Crippen LogP contribution in [0, 0.1) is 0 Å². The average molecular weight is 845 g/mol. The van der Waals surface area contributed by atoms with Crippen LogP contribution in [0.5, 0.6) is 0 Å².